The Morgan fingerprint density at radius 1 is 0.854 bits per heavy atom. The van der Waals surface area contributed by atoms with Crippen molar-refractivity contribution >= 4 is 63.8 Å². The number of aromatic nitrogens is 2. The third-order valence-electron chi connectivity index (χ3n) is 16.1. The van der Waals surface area contributed by atoms with Crippen LogP contribution in [0.1, 0.15) is 128 Å². The van der Waals surface area contributed by atoms with E-state index in [0.717, 1.165) is 16.0 Å². The van der Waals surface area contributed by atoms with E-state index < -0.39 is 76.8 Å². The zero-order valence-corrected chi connectivity index (χ0v) is 46.1. The summed E-state index contributed by atoms with van der Waals surface area (Å²) in [5, 5.41) is 17.4. The lowest BCUT2D eigenvalue weighted by molar-refractivity contribution is -0.172. The van der Waals surface area contributed by atoms with Crippen LogP contribution in [-0.4, -0.2) is 111 Å². The number of benzene rings is 3. The van der Waals surface area contributed by atoms with E-state index in [2.05, 4.69) is 10.6 Å². The Labute approximate surface area is 472 Å². The minimum atomic E-state index is -2.07. The maximum Gasteiger partial charge on any atom is 0.343 e. The number of ether oxygens (including phenoxy) is 2. The van der Waals surface area contributed by atoms with E-state index in [0.29, 0.717) is 76.6 Å². The van der Waals surface area contributed by atoms with Crippen LogP contribution in [0.25, 0.3) is 22.3 Å². The molecule has 20 heteroatoms. The Kier molecular flexibility index (Phi) is 17.9. The van der Waals surface area contributed by atoms with E-state index in [1.807, 2.05) is 18.2 Å². The first-order valence-electron chi connectivity index (χ1n) is 27.8. The number of Topliss-reactive ketones (excluding diaryl/α,β-unsaturated/α-hetero) is 3. The highest BCUT2D eigenvalue weighted by Gasteiger charge is 2.46. The molecule has 5 heterocycles. The number of amides is 5. The van der Waals surface area contributed by atoms with Gasteiger partial charge in [-0.25, -0.2) is 14.2 Å². The van der Waals surface area contributed by atoms with Gasteiger partial charge in [-0.15, -0.1) is 0 Å². The molecular formula is C62H65FN6O13. The summed E-state index contributed by atoms with van der Waals surface area (Å²) < 4.78 is 28.8. The van der Waals surface area contributed by atoms with E-state index in [4.69, 9.17) is 14.5 Å². The van der Waals surface area contributed by atoms with Crippen molar-refractivity contribution in [1.29, 1.82) is 0 Å². The number of pyridine rings is 2. The van der Waals surface area contributed by atoms with Crippen molar-refractivity contribution in [3.63, 3.8) is 0 Å². The number of aryl methyl sites for hydroxylation is 1. The van der Waals surface area contributed by atoms with E-state index in [1.54, 1.807) is 74.3 Å². The highest BCUT2D eigenvalue weighted by molar-refractivity contribution is 6.12. The van der Waals surface area contributed by atoms with Crippen LogP contribution in [-0.2, 0) is 84.2 Å². The smallest absolute Gasteiger partial charge is 0.343 e. The topological polar surface area (TPSA) is 258 Å². The Bertz CT molecular complexity index is 3470. The maximum absolute atomic E-state index is 15.7. The van der Waals surface area contributed by atoms with Gasteiger partial charge in [0.1, 0.15) is 18.2 Å². The van der Waals surface area contributed by atoms with Gasteiger partial charge in [-0.1, -0.05) is 74.0 Å². The number of ketones is 3. The molecule has 0 saturated carbocycles. The molecule has 5 amide bonds. The van der Waals surface area contributed by atoms with Crippen molar-refractivity contribution in [2.75, 3.05) is 33.3 Å². The minimum absolute atomic E-state index is 0.0263. The maximum atomic E-state index is 15.7. The fourth-order valence-corrected chi connectivity index (χ4v) is 11.5. The summed E-state index contributed by atoms with van der Waals surface area (Å²) in [4.78, 5) is 139. The largest absolute Gasteiger partial charge is 0.458 e. The van der Waals surface area contributed by atoms with Gasteiger partial charge in [0.15, 0.2) is 23.3 Å². The Hall–Kier alpha value is -8.36. The summed E-state index contributed by atoms with van der Waals surface area (Å²) >= 11 is 0. The van der Waals surface area contributed by atoms with Gasteiger partial charge < -0.3 is 34.7 Å². The number of hydrogen-bond donors (Lipinski definition) is 3. The molecule has 0 spiro atoms. The number of nitrogens with one attached hydrogen (secondary N) is 2. The van der Waals surface area contributed by atoms with Gasteiger partial charge in [-0.05, 0) is 79.3 Å². The van der Waals surface area contributed by atoms with Crippen molar-refractivity contribution in [1.82, 2.24) is 30.0 Å². The van der Waals surface area contributed by atoms with Gasteiger partial charge in [0.2, 0.25) is 11.8 Å². The van der Waals surface area contributed by atoms with E-state index in [-0.39, 0.29) is 107 Å². The van der Waals surface area contributed by atoms with Crippen molar-refractivity contribution in [3.05, 3.63) is 146 Å². The van der Waals surface area contributed by atoms with Gasteiger partial charge in [0.05, 0.1) is 54.8 Å². The highest BCUT2D eigenvalue weighted by atomic mass is 19.1. The zero-order chi connectivity index (χ0) is 58.4. The van der Waals surface area contributed by atoms with Gasteiger partial charge in [0, 0.05) is 86.3 Å². The molecule has 428 valence electrons. The Balaban J connectivity index is 0.822. The monoisotopic (exact) mass is 1120 g/mol. The van der Waals surface area contributed by atoms with E-state index >= 15 is 4.39 Å². The molecule has 1 aliphatic carbocycles. The number of rotatable bonds is 26. The summed E-state index contributed by atoms with van der Waals surface area (Å²) in [7, 11) is 1.65. The summed E-state index contributed by atoms with van der Waals surface area (Å²) in [6.45, 7) is 2.33. The van der Waals surface area contributed by atoms with Crippen LogP contribution < -0.4 is 16.2 Å². The predicted octanol–water partition coefficient (Wildman–Crippen LogP) is 5.58. The van der Waals surface area contributed by atoms with E-state index in [1.165, 1.54) is 22.8 Å². The second-order valence-electron chi connectivity index (χ2n) is 21.4. The molecule has 0 saturated heterocycles. The number of halogens is 1. The van der Waals surface area contributed by atoms with Gasteiger partial charge in [-0.2, -0.15) is 0 Å². The second-order valence-corrected chi connectivity index (χ2v) is 21.4. The summed E-state index contributed by atoms with van der Waals surface area (Å²) in [5.74, 6) is -5.41. The molecule has 4 atom stereocenters. The SMILES string of the molecule is CC[C@@]1(O)C(=O)OCc2c1cc1n(c2=O)Cc2c-1nc1cc(F)c(C)c3c1c2[C@@H](N(C)C(=O)[C@@H](OCCC(=O)CNC(=O)[C@@H](CC(=O)CNC(=O)CCC(=O)CCCCCN1C(=O)C=CC1=O)Cc1ccccc1)c1ccccc1)CC3. The van der Waals surface area contributed by atoms with Crippen molar-refractivity contribution in [2.24, 2.45) is 5.92 Å². The van der Waals surface area contributed by atoms with Crippen LogP contribution in [0.2, 0.25) is 0 Å². The van der Waals surface area contributed by atoms with E-state index in [9.17, 15) is 53.1 Å². The first kappa shape index (κ1) is 58.3. The lowest BCUT2D eigenvalue weighted by Crippen LogP contribution is -2.44. The number of cyclic esters (lactones) is 1. The fourth-order valence-electron chi connectivity index (χ4n) is 11.5. The van der Waals surface area contributed by atoms with Gasteiger partial charge in [0.25, 0.3) is 23.3 Å². The van der Waals surface area contributed by atoms with Crippen molar-refractivity contribution in [2.45, 2.75) is 122 Å². The van der Waals surface area contributed by atoms with Gasteiger partial charge >= 0.3 is 5.97 Å². The molecular weight excluding hydrogens is 1060 g/mol. The minimum Gasteiger partial charge on any atom is -0.458 e. The summed E-state index contributed by atoms with van der Waals surface area (Å²) in [6.07, 6.45) is 3.46. The molecule has 19 nitrogen and oxygen atoms in total. The molecule has 5 aromatic rings. The molecule has 0 radical (unpaired) electrons. The van der Waals surface area contributed by atoms with Crippen LogP contribution >= 0.6 is 0 Å². The van der Waals surface area contributed by atoms with Crippen LogP contribution in [0.5, 0.6) is 0 Å². The van der Waals surface area contributed by atoms with Crippen LogP contribution in [0.15, 0.2) is 89.7 Å². The molecule has 0 unspecified atom stereocenters. The third kappa shape index (κ3) is 12.3. The molecule has 3 N–H and O–H groups in total. The van der Waals surface area contributed by atoms with Crippen LogP contribution in [0.3, 0.4) is 0 Å². The average Bonchev–Trinajstić information content (AvgIpc) is 2.83. The molecule has 2 aromatic heterocycles. The Morgan fingerprint density at radius 2 is 1.56 bits per heavy atom. The molecule has 0 fully saturated rings. The standard InChI is InChI=1S/C62H65FN6O13/c1-4-62(80)46-30-50-56-44(34-69(50)59(77)45(46)35-82-61(62)79)55-49(21-20-43-36(2)47(63)31-48(66-56)54(43)55)67(3)60(78)57(38-16-10-6-11-17-38)81-27-25-41(71)32-65-58(76)39(28-37-14-8-5-9-15-37)29-42(72)33-64-51(73)22-19-40(70)18-12-7-13-26-68-52(74)23-24-53(68)75/h5-6,8-11,14-17,23-24,30-31,39,49,57,80H,4,7,12-13,18-22,25-29,32-35H2,1-3H3,(H,64,73)(H,65,76)/t39-,49+,57+,62+/m1/s1. The number of hydrogen-bond acceptors (Lipinski definition) is 14. The first-order valence-corrected chi connectivity index (χ1v) is 27.8. The number of likely N-dealkylation sites (N-methyl/N-ethyl adjacent to an activating group) is 1. The molecule has 3 aliphatic heterocycles. The number of aliphatic hydroxyl groups is 1. The molecule has 0 bridgehead atoms. The molecule has 4 aliphatic rings. The second kappa shape index (κ2) is 25.2. The zero-order valence-electron chi connectivity index (χ0n) is 46.1. The third-order valence-corrected chi connectivity index (χ3v) is 16.1. The number of fused-ring (bicyclic) bond motifs is 5. The van der Waals surface area contributed by atoms with Crippen molar-refractivity contribution in [3.8, 4) is 11.4 Å². The molecule has 3 aromatic carbocycles. The number of unbranched alkanes of at least 4 members (excludes halogenated alkanes) is 2. The van der Waals surface area contributed by atoms with Crippen molar-refractivity contribution < 1.29 is 62.1 Å². The average molecular weight is 1120 g/mol. The number of carbonyl (C=O) groups is 9. The lowest BCUT2D eigenvalue weighted by Gasteiger charge is -2.36. The normalized spacial score (nSPS) is 17.4. The number of nitrogens with zero attached hydrogens (tertiary/aromatic N) is 4. The lowest BCUT2D eigenvalue weighted by atomic mass is 9.81. The first-order chi connectivity index (χ1) is 39.4. The fraction of sp³-hybridized carbons (Fsp3) is 0.403. The highest BCUT2D eigenvalue weighted by Crippen LogP contribution is 2.48. The van der Waals surface area contributed by atoms with Crippen LogP contribution in [0, 0.1) is 18.7 Å². The number of esters is 1. The van der Waals surface area contributed by atoms with Crippen LogP contribution in [0.4, 0.5) is 4.39 Å². The molecule has 9 rings (SSSR count). The summed E-state index contributed by atoms with van der Waals surface area (Å²) in [5.41, 5.74) is 2.54. The van der Waals surface area contributed by atoms with Gasteiger partial charge in [-0.3, -0.25) is 48.1 Å². The Morgan fingerprint density at radius 3 is 2.28 bits per heavy atom. The summed E-state index contributed by atoms with van der Waals surface area (Å²) in [6, 6.07) is 20.1. The number of carbonyl (C=O) groups excluding carboxylic acids is 9. The quantitative estimate of drug-likeness (QED) is 0.0341. The predicted molar refractivity (Wildman–Crippen MR) is 296 cm³/mol. The number of imide groups is 1. The molecule has 82 heavy (non-hydrogen) atoms.